The normalized spacial score (nSPS) is 19.5. The standard InChI is InChI=1S/C24H29NO3/c1-5-7-18-12-16(3)22(19(6-2)13-18)23-20(27)14-24(15-21(23)28)8-10-25(11-9-24)17(4)26/h12-13,23H,6,8-11,14-15H2,1-4H3. The Bertz CT molecular complexity index is 859. The third kappa shape index (κ3) is 3.76. The minimum Gasteiger partial charge on any atom is -0.343 e. The minimum absolute atomic E-state index is 0.0413. The molecule has 0 atom stereocenters. The number of hydrogen-bond donors (Lipinski definition) is 0. The number of carbonyl (C=O) groups is 3. The molecule has 1 aromatic carbocycles. The van der Waals surface area contributed by atoms with Crippen LogP contribution in [0.2, 0.25) is 0 Å². The first kappa shape index (κ1) is 20.3. The Labute approximate surface area is 167 Å². The third-order valence-electron chi connectivity index (χ3n) is 6.42. The number of ketones is 2. The lowest BCUT2D eigenvalue weighted by molar-refractivity contribution is -0.139. The van der Waals surface area contributed by atoms with Gasteiger partial charge < -0.3 is 4.90 Å². The summed E-state index contributed by atoms with van der Waals surface area (Å²) in [4.78, 5) is 39.8. The summed E-state index contributed by atoms with van der Waals surface area (Å²) in [6, 6.07) is 4.01. The van der Waals surface area contributed by atoms with Crippen molar-refractivity contribution in [1.29, 1.82) is 0 Å². The second-order valence-corrected chi connectivity index (χ2v) is 8.32. The van der Waals surface area contributed by atoms with Gasteiger partial charge in [-0.25, -0.2) is 0 Å². The fourth-order valence-corrected chi connectivity index (χ4v) is 4.95. The fraction of sp³-hybridized carbons (Fsp3) is 0.542. The number of aryl methyl sites for hydroxylation is 2. The third-order valence-corrected chi connectivity index (χ3v) is 6.42. The van der Waals surface area contributed by atoms with Crippen LogP contribution in [-0.2, 0) is 20.8 Å². The van der Waals surface area contributed by atoms with Crippen LogP contribution in [0.25, 0.3) is 0 Å². The second kappa shape index (κ2) is 7.91. The van der Waals surface area contributed by atoms with E-state index in [1.807, 2.05) is 24.0 Å². The van der Waals surface area contributed by atoms with E-state index in [4.69, 9.17) is 0 Å². The molecule has 1 spiro atoms. The molecule has 0 unspecified atom stereocenters. The van der Waals surface area contributed by atoms with Gasteiger partial charge in [0.05, 0.1) is 0 Å². The molecule has 148 valence electrons. The molecular formula is C24H29NO3. The van der Waals surface area contributed by atoms with E-state index in [1.54, 1.807) is 13.8 Å². The summed E-state index contributed by atoms with van der Waals surface area (Å²) in [6.07, 6.45) is 3.12. The zero-order valence-electron chi connectivity index (χ0n) is 17.4. The molecule has 0 bridgehead atoms. The van der Waals surface area contributed by atoms with Crippen LogP contribution in [0.4, 0.5) is 0 Å². The maximum Gasteiger partial charge on any atom is 0.219 e. The molecule has 4 nitrogen and oxygen atoms in total. The first-order valence-electron chi connectivity index (χ1n) is 10.2. The Morgan fingerprint density at radius 2 is 1.79 bits per heavy atom. The molecular weight excluding hydrogens is 350 g/mol. The first-order chi connectivity index (χ1) is 13.3. The second-order valence-electron chi connectivity index (χ2n) is 8.32. The van der Waals surface area contributed by atoms with Gasteiger partial charge in [-0.15, -0.1) is 5.92 Å². The Kier molecular flexibility index (Phi) is 5.74. The number of hydrogen-bond acceptors (Lipinski definition) is 3. The maximum absolute atomic E-state index is 13.2. The number of likely N-dealkylation sites (tertiary alicyclic amines) is 1. The minimum atomic E-state index is -0.643. The van der Waals surface area contributed by atoms with Crippen molar-refractivity contribution in [1.82, 2.24) is 4.90 Å². The Morgan fingerprint density at radius 3 is 2.29 bits per heavy atom. The average molecular weight is 380 g/mol. The number of benzene rings is 1. The fourth-order valence-electron chi connectivity index (χ4n) is 4.95. The predicted octanol–water partition coefficient (Wildman–Crippen LogP) is 3.57. The Balaban J connectivity index is 1.88. The quantitative estimate of drug-likeness (QED) is 0.583. The summed E-state index contributed by atoms with van der Waals surface area (Å²) in [7, 11) is 0. The molecule has 1 heterocycles. The molecule has 0 N–H and O–H groups in total. The number of Topliss-reactive ketones (excluding diaryl/α,β-unsaturated/α-hetero) is 2. The summed E-state index contributed by atoms with van der Waals surface area (Å²) in [5.41, 5.74) is 3.60. The number of rotatable bonds is 2. The average Bonchev–Trinajstić information content (AvgIpc) is 2.63. The first-order valence-corrected chi connectivity index (χ1v) is 10.2. The Hall–Kier alpha value is -2.41. The maximum atomic E-state index is 13.2. The molecule has 0 radical (unpaired) electrons. The lowest BCUT2D eigenvalue weighted by Crippen LogP contribution is -2.48. The van der Waals surface area contributed by atoms with Crippen LogP contribution in [0.3, 0.4) is 0 Å². The van der Waals surface area contributed by atoms with E-state index in [9.17, 15) is 14.4 Å². The SMILES string of the molecule is CC#Cc1cc(C)c(C2C(=O)CC3(CCN(C(C)=O)CC3)CC2=O)c(CC)c1. The van der Waals surface area contributed by atoms with Gasteiger partial charge in [0.25, 0.3) is 0 Å². The van der Waals surface area contributed by atoms with E-state index >= 15 is 0 Å². The molecule has 1 amide bonds. The zero-order valence-corrected chi connectivity index (χ0v) is 17.4. The van der Waals surface area contributed by atoms with Crippen molar-refractivity contribution >= 4 is 17.5 Å². The molecule has 1 aliphatic carbocycles. The lowest BCUT2D eigenvalue weighted by Gasteiger charge is -2.44. The van der Waals surface area contributed by atoms with Crippen LogP contribution in [-0.4, -0.2) is 35.5 Å². The van der Waals surface area contributed by atoms with E-state index in [-0.39, 0.29) is 22.9 Å². The van der Waals surface area contributed by atoms with Crippen molar-refractivity contribution in [2.45, 2.75) is 65.7 Å². The van der Waals surface area contributed by atoms with Crippen LogP contribution in [0.1, 0.15) is 74.6 Å². The number of piperidine rings is 1. The van der Waals surface area contributed by atoms with Crippen LogP contribution in [0.15, 0.2) is 12.1 Å². The molecule has 4 heteroatoms. The van der Waals surface area contributed by atoms with Gasteiger partial charge in [0.15, 0.2) is 0 Å². The van der Waals surface area contributed by atoms with Gasteiger partial charge >= 0.3 is 0 Å². The Morgan fingerprint density at radius 1 is 1.18 bits per heavy atom. The highest BCUT2D eigenvalue weighted by Crippen LogP contribution is 2.46. The molecule has 2 fully saturated rings. The molecule has 1 aromatic rings. The summed E-state index contributed by atoms with van der Waals surface area (Å²) < 4.78 is 0. The summed E-state index contributed by atoms with van der Waals surface area (Å²) >= 11 is 0. The molecule has 0 aromatic heterocycles. The number of amides is 1. The van der Waals surface area contributed by atoms with Crippen molar-refractivity contribution in [3.63, 3.8) is 0 Å². The number of carbonyl (C=O) groups excluding carboxylic acids is 3. The molecule has 1 aliphatic heterocycles. The van der Waals surface area contributed by atoms with E-state index in [0.29, 0.717) is 25.9 Å². The molecule has 1 saturated carbocycles. The molecule has 2 aliphatic rings. The van der Waals surface area contributed by atoms with E-state index in [1.165, 1.54) is 0 Å². The summed E-state index contributed by atoms with van der Waals surface area (Å²) in [6.45, 7) is 8.70. The van der Waals surface area contributed by atoms with Gasteiger partial charge in [0.2, 0.25) is 5.91 Å². The van der Waals surface area contributed by atoms with E-state index in [2.05, 4.69) is 18.8 Å². The van der Waals surface area contributed by atoms with E-state index < -0.39 is 5.92 Å². The topological polar surface area (TPSA) is 54.5 Å². The smallest absolute Gasteiger partial charge is 0.219 e. The monoisotopic (exact) mass is 379 g/mol. The van der Waals surface area contributed by atoms with Crippen LogP contribution < -0.4 is 0 Å². The van der Waals surface area contributed by atoms with Crippen molar-refractivity contribution < 1.29 is 14.4 Å². The number of nitrogens with zero attached hydrogens (tertiary/aromatic N) is 1. The van der Waals surface area contributed by atoms with E-state index in [0.717, 1.165) is 41.5 Å². The van der Waals surface area contributed by atoms with Gasteiger partial charge in [-0.05, 0) is 67.3 Å². The summed E-state index contributed by atoms with van der Waals surface area (Å²) in [5, 5.41) is 0. The van der Waals surface area contributed by atoms with Crippen molar-refractivity contribution in [3.8, 4) is 11.8 Å². The highest BCUT2D eigenvalue weighted by molar-refractivity contribution is 6.10. The van der Waals surface area contributed by atoms with Gasteiger partial charge in [0, 0.05) is 38.4 Å². The van der Waals surface area contributed by atoms with Crippen molar-refractivity contribution in [2.24, 2.45) is 5.41 Å². The highest BCUT2D eigenvalue weighted by atomic mass is 16.2. The van der Waals surface area contributed by atoms with Crippen molar-refractivity contribution in [3.05, 3.63) is 34.4 Å². The molecule has 3 rings (SSSR count). The highest BCUT2D eigenvalue weighted by Gasteiger charge is 2.47. The van der Waals surface area contributed by atoms with Crippen molar-refractivity contribution in [2.75, 3.05) is 13.1 Å². The largest absolute Gasteiger partial charge is 0.343 e. The molecule has 28 heavy (non-hydrogen) atoms. The van der Waals surface area contributed by atoms with Gasteiger partial charge in [0.1, 0.15) is 17.5 Å². The summed E-state index contributed by atoms with van der Waals surface area (Å²) in [5.74, 6) is 5.51. The van der Waals surface area contributed by atoms with Gasteiger partial charge in [-0.3, -0.25) is 14.4 Å². The molecule has 1 saturated heterocycles. The van der Waals surface area contributed by atoms with Crippen LogP contribution in [0.5, 0.6) is 0 Å². The lowest BCUT2D eigenvalue weighted by atomic mass is 9.62. The van der Waals surface area contributed by atoms with Crippen LogP contribution in [0, 0.1) is 24.2 Å². The van der Waals surface area contributed by atoms with Gasteiger partial charge in [-0.2, -0.15) is 0 Å². The van der Waals surface area contributed by atoms with Gasteiger partial charge in [-0.1, -0.05) is 12.8 Å². The van der Waals surface area contributed by atoms with Crippen LogP contribution >= 0.6 is 0 Å². The predicted molar refractivity (Wildman–Crippen MR) is 109 cm³/mol. The zero-order chi connectivity index (χ0) is 20.5.